The summed E-state index contributed by atoms with van der Waals surface area (Å²) in [5.74, 6) is 0. The maximum absolute atomic E-state index is 16.3. The van der Waals surface area contributed by atoms with Gasteiger partial charge in [0, 0.05) is 43.9 Å². The van der Waals surface area contributed by atoms with Crippen molar-refractivity contribution in [2.45, 2.75) is 38.5 Å². The van der Waals surface area contributed by atoms with E-state index in [1.807, 2.05) is 24.4 Å². The van der Waals surface area contributed by atoms with Crippen LogP contribution in [0.15, 0.2) is 146 Å². The molecule has 6 aromatic carbocycles. The molecule has 0 unspecified atom stereocenters. The smallest absolute Gasteiger partial charge is 0.171 e. The average molecular weight is 638 g/mol. The first kappa shape index (κ1) is 29.1. The Bertz CT molecular complexity index is 2390. The van der Waals surface area contributed by atoms with Gasteiger partial charge in [-0.2, -0.15) is 0 Å². The second-order valence-electron chi connectivity index (χ2n) is 14.4. The molecule has 0 bridgehead atoms. The number of nitrogens with zero attached hydrogens (tertiary/aromatic N) is 1. The second kappa shape index (κ2) is 10.2. The third-order valence-corrected chi connectivity index (χ3v) is 14.0. The van der Waals surface area contributed by atoms with Crippen LogP contribution in [-0.4, -0.2) is 4.98 Å². The molecule has 2 aliphatic rings. The summed E-state index contributed by atoms with van der Waals surface area (Å²) in [6.45, 7) is 9.15. The molecule has 0 radical (unpaired) electrons. The Morgan fingerprint density at radius 2 is 0.958 bits per heavy atom. The van der Waals surface area contributed by atoms with Crippen LogP contribution in [0.1, 0.15) is 49.9 Å². The predicted molar refractivity (Wildman–Crippen MR) is 202 cm³/mol. The van der Waals surface area contributed by atoms with Crippen LogP contribution < -0.4 is 15.9 Å². The van der Waals surface area contributed by atoms with Crippen LogP contribution in [0.4, 0.5) is 0 Å². The van der Waals surface area contributed by atoms with Gasteiger partial charge >= 0.3 is 0 Å². The molecular formula is C45H36NOP. The summed E-state index contributed by atoms with van der Waals surface area (Å²) < 4.78 is 16.3. The maximum Gasteiger partial charge on any atom is 0.171 e. The quantitative estimate of drug-likeness (QED) is 0.180. The van der Waals surface area contributed by atoms with Crippen LogP contribution in [0.2, 0.25) is 0 Å². The van der Waals surface area contributed by atoms with Gasteiger partial charge in [0.25, 0.3) is 0 Å². The SMILES string of the molecule is CC1(C)c2ccccc2-c2cc(P(=O)(c3cccc(-c4cc5ccccc5cn4)c3)c3ccc4c(c3)-c3ccccc3C4(C)C)ccc21. The molecule has 0 amide bonds. The van der Waals surface area contributed by atoms with E-state index in [1.165, 1.54) is 44.5 Å². The van der Waals surface area contributed by atoms with E-state index in [2.05, 4.69) is 149 Å². The van der Waals surface area contributed by atoms with Gasteiger partial charge < -0.3 is 4.57 Å². The molecule has 0 saturated heterocycles. The molecule has 0 fully saturated rings. The molecule has 7 aromatic rings. The van der Waals surface area contributed by atoms with Gasteiger partial charge in [-0.3, -0.25) is 4.98 Å². The van der Waals surface area contributed by atoms with E-state index in [-0.39, 0.29) is 10.8 Å². The van der Waals surface area contributed by atoms with Gasteiger partial charge in [0.05, 0.1) is 5.69 Å². The Hall–Kier alpha value is -5.04. The maximum atomic E-state index is 16.3. The van der Waals surface area contributed by atoms with Gasteiger partial charge in [0.15, 0.2) is 7.14 Å². The molecule has 1 heterocycles. The van der Waals surface area contributed by atoms with Crippen molar-refractivity contribution < 1.29 is 4.57 Å². The standard InChI is InChI=1S/C45H36NOP/c1-44(2)39-18-9-7-16-35(39)37-26-33(20-22-41(37)44)48(47,34-21-23-42-38(27-34)36-17-8-10-19-40(36)45(42,3)4)32-15-11-14-30(24-32)43-25-29-12-5-6-13-31(29)28-46-43/h5-28H,1-4H3. The molecule has 2 aliphatic carbocycles. The molecule has 0 atom stereocenters. The Morgan fingerprint density at radius 3 is 1.56 bits per heavy atom. The molecule has 1 aromatic heterocycles. The van der Waals surface area contributed by atoms with Gasteiger partial charge in [-0.05, 0) is 74.2 Å². The van der Waals surface area contributed by atoms with E-state index in [1.54, 1.807) is 0 Å². The van der Waals surface area contributed by atoms with Gasteiger partial charge in [-0.25, -0.2) is 0 Å². The van der Waals surface area contributed by atoms with Crippen LogP contribution in [0, 0.1) is 0 Å². The normalized spacial score (nSPS) is 15.1. The largest absolute Gasteiger partial charge is 0.309 e. The summed E-state index contributed by atoms with van der Waals surface area (Å²) in [5, 5.41) is 4.75. The van der Waals surface area contributed by atoms with Crippen molar-refractivity contribution in [2.24, 2.45) is 0 Å². The molecular weight excluding hydrogens is 601 g/mol. The van der Waals surface area contributed by atoms with Gasteiger partial charge in [-0.1, -0.05) is 143 Å². The van der Waals surface area contributed by atoms with Crippen LogP contribution in [0.3, 0.4) is 0 Å². The first-order valence-corrected chi connectivity index (χ1v) is 18.4. The van der Waals surface area contributed by atoms with Crippen LogP contribution in [-0.2, 0) is 15.4 Å². The van der Waals surface area contributed by atoms with Crippen molar-refractivity contribution in [2.75, 3.05) is 0 Å². The molecule has 48 heavy (non-hydrogen) atoms. The summed E-state index contributed by atoms with van der Waals surface area (Å²) in [6, 6.07) is 49.1. The molecule has 0 spiro atoms. The van der Waals surface area contributed by atoms with Crippen molar-refractivity contribution in [3.8, 4) is 33.5 Å². The fourth-order valence-electron chi connectivity index (χ4n) is 8.36. The Labute approximate surface area is 282 Å². The summed E-state index contributed by atoms with van der Waals surface area (Å²) in [7, 11) is -3.37. The lowest BCUT2D eigenvalue weighted by Crippen LogP contribution is -2.26. The Kier molecular flexibility index (Phi) is 6.21. The fraction of sp³-hybridized carbons (Fsp3) is 0.133. The molecule has 0 saturated carbocycles. The van der Waals surface area contributed by atoms with E-state index < -0.39 is 7.14 Å². The van der Waals surface area contributed by atoms with Gasteiger partial charge in [-0.15, -0.1) is 0 Å². The van der Waals surface area contributed by atoms with Crippen LogP contribution >= 0.6 is 7.14 Å². The van der Waals surface area contributed by atoms with E-state index in [9.17, 15) is 0 Å². The molecule has 2 nitrogen and oxygen atoms in total. The van der Waals surface area contributed by atoms with Crippen LogP contribution in [0.5, 0.6) is 0 Å². The van der Waals surface area contributed by atoms with E-state index in [0.717, 1.165) is 37.9 Å². The highest BCUT2D eigenvalue weighted by Crippen LogP contribution is 2.53. The molecule has 9 rings (SSSR count). The highest BCUT2D eigenvalue weighted by molar-refractivity contribution is 7.85. The first-order chi connectivity index (χ1) is 23.2. The lowest BCUT2D eigenvalue weighted by atomic mass is 9.82. The molecule has 232 valence electrons. The number of pyridine rings is 1. The van der Waals surface area contributed by atoms with E-state index in [4.69, 9.17) is 4.98 Å². The van der Waals surface area contributed by atoms with Gasteiger partial charge in [0.1, 0.15) is 0 Å². The number of fused-ring (bicyclic) bond motifs is 7. The van der Waals surface area contributed by atoms with E-state index >= 15 is 4.57 Å². The summed E-state index contributed by atoms with van der Waals surface area (Å²) in [5.41, 5.74) is 11.6. The minimum absolute atomic E-state index is 0.126. The number of hydrogen-bond acceptors (Lipinski definition) is 2. The van der Waals surface area contributed by atoms with Crippen LogP contribution in [0.25, 0.3) is 44.3 Å². The average Bonchev–Trinajstić information content (AvgIpc) is 3.50. The third kappa shape index (κ3) is 4.06. The zero-order valence-electron chi connectivity index (χ0n) is 27.7. The van der Waals surface area contributed by atoms with Crippen molar-refractivity contribution in [1.29, 1.82) is 0 Å². The second-order valence-corrected chi connectivity index (χ2v) is 17.1. The zero-order chi connectivity index (χ0) is 32.8. The Balaban J connectivity index is 1.28. The monoisotopic (exact) mass is 637 g/mol. The van der Waals surface area contributed by atoms with Gasteiger partial charge in [0.2, 0.25) is 0 Å². The topological polar surface area (TPSA) is 30.0 Å². The summed E-state index contributed by atoms with van der Waals surface area (Å²) >= 11 is 0. The minimum atomic E-state index is -3.37. The number of hydrogen-bond donors (Lipinski definition) is 0. The minimum Gasteiger partial charge on any atom is -0.309 e. The zero-order valence-corrected chi connectivity index (χ0v) is 28.6. The highest BCUT2D eigenvalue weighted by atomic mass is 31.2. The third-order valence-electron chi connectivity index (χ3n) is 11.0. The predicted octanol–water partition coefficient (Wildman–Crippen LogP) is 10.2. The summed E-state index contributed by atoms with van der Waals surface area (Å²) in [4.78, 5) is 4.83. The summed E-state index contributed by atoms with van der Waals surface area (Å²) in [6.07, 6.45) is 1.93. The molecule has 0 aliphatic heterocycles. The molecule has 3 heteroatoms. The van der Waals surface area contributed by atoms with E-state index in [0.29, 0.717) is 0 Å². The lowest BCUT2D eigenvalue weighted by molar-refractivity contribution is 0.592. The highest BCUT2D eigenvalue weighted by Gasteiger charge is 2.40. The van der Waals surface area contributed by atoms with Crippen molar-refractivity contribution in [1.82, 2.24) is 4.98 Å². The molecule has 0 N–H and O–H groups in total. The van der Waals surface area contributed by atoms with Crippen molar-refractivity contribution >= 4 is 33.8 Å². The Morgan fingerprint density at radius 1 is 0.458 bits per heavy atom. The van der Waals surface area contributed by atoms with Crippen molar-refractivity contribution in [3.05, 3.63) is 168 Å². The number of aromatic nitrogens is 1. The number of benzene rings is 6. The van der Waals surface area contributed by atoms with Crippen molar-refractivity contribution in [3.63, 3.8) is 0 Å². The lowest BCUT2D eigenvalue weighted by Gasteiger charge is -2.25. The number of rotatable bonds is 4. The first-order valence-electron chi connectivity index (χ1n) is 16.7. The fourth-order valence-corrected chi connectivity index (χ4v) is 11.1.